The molecule has 1 rings (SSSR count). The molecule has 1 aromatic carbocycles. The van der Waals surface area contributed by atoms with E-state index in [1.807, 2.05) is 0 Å². The monoisotopic (exact) mass is 249 g/mol. The molecule has 0 radical (unpaired) electrons. The molecule has 0 aliphatic carbocycles. The molecule has 0 aliphatic rings. The molecule has 0 atom stereocenters. The van der Waals surface area contributed by atoms with Crippen molar-refractivity contribution in [2.24, 2.45) is 0 Å². The van der Waals surface area contributed by atoms with Crippen LogP contribution in [0.3, 0.4) is 0 Å². The lowest BCUT2D eigenvalue weighted by atomic mass is 10.2. The van der Waals surface area contributed by atoms with Gasteiger partial charge >= 0.3 is 5.97 Å². The summed E-state index contributed by atoms with van der Waals surface area (Å²) >= 11 is 3.74. The molecule has 0 amide bonds. The number of thiol groups is 1. The average molecular weight is 249 g/mol. The van der Waals surface area contributed by atoms with Gasteiger partial charge in [0.2, 0.25) is 0 Å². The van der Waals surface area contributed by atoms with E-state index in [1.165, 1.54) is 6.07 Å². The first kappa shape index (κ1) is 11.8. The Morgan fingerprint density at radius 2 is 1.93 bits per heavy atom. The number of carbonyl (C=O) groups is 1. The predicted octanol–water partition coefficient (Wildman–Crippen LogP) is 0.502. The lowest BCUT2D eigenvalue weighted by Gasteiger charge is -2.07. The zero-order valence-electron chi connectivity index (χ0n) is 7.21. The Morgan fingerprint density at radius 1 is 1.40 bits per heavy atom. The summed E-state index contributed by atoms with van der Waals surface area (Å²) in [5, 5.41) is 8.69. The zero-order valence-corrected chi connectivity index (χ0v) is 8.92. The maximum atomic E-state index is 10.9. The van der Waals surface area contributed by atoms with Crippen LogP contribution in [0.4, 0.5) is 5.69 Å². The minimum atomic E-state index is -4.67. The molecule has 0 bridgehead atoms. The number of benzene rings is 1. The molecule has 8 heteroatoms. The molecule has 0 saturated carbocycles. The van der Waals surface area contributed by atoms with E-state index in [0.29, 0.717) is 0 Å². The van der Waals surface area contributed by atoms with Crippen molar-refractivity contribution in [2.45, 2.75) is 9.79 Å². The van der Waals surface area contributed by atoms with Crippen molar-refractivity contribution >= 4 is 34.4 Å². The van der Waals surface area contributed by atoms with E-state index in [0.717, 1.165) is 6.07 Å². The Kier molecular flexibility index (Phi) is 2.93. The van der Waals surface area contributed by atoms with Gasteiger partial charge < -0.3 is 10.8 Å². The average Bonchev–Trinajstić information content (AvgIpc) is 2.06. The van der Waals surface area contributed by atoms with Crippen LogP contribution in [0, 0.1) is 0 Å². The molecular formula is C7H7NO5S2. The van der Waals surface area contributed by atoms with E-state index in [-0.39, 0.29) is 10.6 Å². The van der Waals surface area contributed by atoms with E-state index in [1.54, 1.807) is 0 Å². The third kappa shape index (κ3) is 2.22. The summed E-state index contributed by atoms with van der Waals surface area (Å²) in [7, 11) is -4.67. The fourth-order valence-corrected chi connectivity index (χ4v) is 2.35. The number of carboxylic acid groups (broad SMARTS) is 1. The first-order valence-electron chi connectivity index (χ1n) is 3.57. The van der Waals surface area contributed by atoms with Gasteiger partial charge in [-0.2, -0.15) is 8.42 Å². The van der Waals surface area contributed by atoms with Crippen molar-refractivity contribution in [1.82, 2.24) is 0 Å². The van der Waals surface area contributed by atoms with Crippen molar-refractivity contribution in [3.63, 3.8) is 0 Å². The molecule has 1 aromatic rings. The molecule has 0 aliphatic heterocycles. The second-order valence-electron chi connectivity index (χ2n) is 2.66. The van der Waals surface area contributed by atoms with Crippen LogP contribution in [-0.2, 0) is 10.1 Å². The third-order valence-corrected chi connectivity index (χ3v) is 3.22. The Labute approximate surface area is 90.9 Å². The summed E-state index contributed by atoms with van der Waals surface area (Å²) < 4.78 is 30.7. The van der Waals surface area contributed by atoms with Crippen molar-refractivity contribution in [2.75, 3.05) is 5.73 Å². The maximum Gasteiger partial charge on any atom is 0.337 e. The number of hydrogen-bond donors (Lipinski definition) is 4. The highest BCUT2D eigenvalue weighted by Crippen LogP contribution is 2.28. The molecule has 0 saturated heterocycles. The summed E-state index contributed by atoms with van der Waals surface area (Å²) in [6.45, 7) is 0. The largest absolute Gasteiger partial charge is 0.478 e. The van der Waals surface area contributed by atoms with Crippen LogP contribution in [0.1, 0.15) is 10.4 Å². The molecule has 0 aromatic heterocycles. The van der Waals surface area contributed by atoms with Crippen LogP contribution in [0.15, 0.2) is 21.9 Å². The quantitative estimate of drug-likeness (QED) is 0.344. The number of nitrogen functional groups attached to an aromatic ring is 1. The molecular weight excluding hydrogens is 242 g/mol. The second-order valence-corrected chi connectivity index (χ2v) is 4.47. The highest BCUT2D eigenvalue weighted by molar-refractivity contribution is 7.87. The highest BCUT2D eigenvalue weighted by atomic mass is 32.2. The third-order valence-electron chi connectivity index (χ3n) is 1.65. The Balaban J connectivity index is 3.72. The standard InChI is InChI=1S/C7H7NO5S2/c8-4-2-1-3(7(9)10)6(5(4)14)15(11,12)13/h1-2,14H,8H2,(H,9,10)(H,11,12,13). The fraction of sp³-hybridized carbons (Fsp3) is 0. The van der Waals surface area contributed by atoms with Gasteiger partial charge in [0.1, 0.15) is 4.90 Å². The maximum absolute atomic E-state index is 10.9. The van der Waals surface area contributed by atoms with Crippen LogP contribution < -0.4 is 5.73 Å². The van der Waals surface area contributed by atoms with Crippen LogP contribution in [0.2, 0.25) is 0 Å². The van der Waals surface area contributed by atoms with Crippen molar-refractivity contribution in [3.05, 3.63) is 17.7 Å². The first-order valence-corrected chi connectivity index (χ1v) is 5.46. The van der Waals surface area contributed by atoms with Gasteiger partial charge in [0.05, 0.1) is 5.56 Å². The molecule has 0 fully saturated rings. The summed E-state index contributed by atoms with van der Waals surface area (Å²) in [5.74, 6) is -1.49. The summed E-state index contributed by atoms with van der Waals surface area (Å²) in [6, 6.07) is 2.18. The van der Waals surface area contributed by atoms with Gasteiger partial charge in [-0.3, -0.25) is 4.55 Å². The predicted molar refractivity (Wildman–Crippen MR) is 54.9 cm³/mol. The number of nitrogens with two attached hydrogens (primary N) is 1. The van der Waals surface area contributed by atoms with Crippen LogP contribution in [-0.4, -0.2) is 24.0 Å². The molecule has 82 valence electrons. The van der Waals surface area contributed by atoms with Gasteiger partial charge in [0, 0.05) is 10.6 Å². The minimum absolute atomic E-state index is 0.0315. The molecule has 4 N–H and O–H groups in total. The normalized spacial score (nSPS) is 11.3. The lowest BCUT2D eigenvalue weighted by Crippen LogP contribution is -2.10. The Hall–Kier alpha value is -1.25. The SMILES string of the molecule is Nc1ccc(C(=O)O)c(S(=O)(=O)O)c1S. The Bertz CT molecular complexity index is 522. The number of carboxylic acids is 1. The summed E-state index contributed by atoms with van der Waals surface area (Å²) in [6.07, 6.45) is 0. The number of anilines is 1. The minimum Gasteiger partial charge on any atom is -0.478 e. The van der Waals surface area contributed by atoms with Gasteiger partial charge in [-0.1, -0.05) is 0 Å². The topological polar surface area (TPSA) is 118 Å². The van der Waals surface area contributed by atoms with Gasteiger partial charge in [-0.15, -0.1) is 12.6 Å². The Morgan fingerprint density at radius 3 is 2.33 bits per heavy atom. The molecule has 0 heterocycles. The van der Waals surface area contributed by atoms with E-state index >= 15 is 0 Å². The van der Waals surface area contributed by atoms with Crippen molar-refractivity contribution < 1.29 is 22.9 Å². The first-order chi connectivity index (χ1) is 6.75. The van der Waals surface area contributed by atoms with E-state index in [9.17, 15) is 13.2 Å². The van der Waals surface area contributed by atoms with E-state index < -0.39 is 26.5 Å². The highest BCUT2D eigenvalue weighted by Gasteiger charge is 2.24. The fourth-order valence-electron chi connectivity index (χ4n) is 1.02. The summed E-state index contributed by atoms with van der Waals surface area (Å²) in [5.41, 5.74) is 4.74. The number of hydrogen-bond acceptors (Lipinski definition) is 5. The number of rotatable bonds is 2. The van der Waals surface area contributed by atoms with Gasteiger partial charge in [0.15, 0.2) is 0 Å². The van der Waals surface area contributed by atoms with Gasteiger partial charge in [-0.25, -0.2) is 4.79 Å². The van der Waals surface area contributed by atoms with Crippen molar-refractivity contribution in [1.29, 1.82) is 0 Å². The van der Waals surface area contributed by atoms with Crippen molar-refractivity contribution in [3.8, 4) is 0 Å². The lowest BCUT2D eigenvalue weighted by molar-refractivity contribution is 0.0691. The van der Waals surface area contributed by atoms with Crippen LogP contribution >= 0.6 is 12.6 Å². The van der Waals surface area contributed by atoms with Crippen LogP contribution in [0.25, 0.3) is 0 Å². The molecule has 15 heavy (non-hydrogen) atoms. The smallest absolute Gasteiger partial charge is 0.337 e. The molecule has 0 spiro atoms. The van der Waals surface area contributed by atoms with Crippen LogP contribution in [0.5, 0.6) is 0 Å². The zero-order chi connectivity index (χ0) is 11.8. The van der Waals surface area contributed by atoms with Gasteiger partial charge in [-0.05, 0) is 12.1 Å². The molecule has 0 unspecified atom stereocenters. The summed E-state index contributed by atoms with van der Waals surface area (Å²) in [4.78, 5) is 9.61. The van der Waals surface area contributed by atoms with Gasteiger partial charge in [0.25, 0.3) is 10.1 Å². The van der Waals surface area contributed by atoms with E-state index in [2.05, 4.69) is 12.6 Å². The van der Waals surface area contributed by atoms with E-state index in [4.69, 9.17) is 15.4 Å². The molecule has 6 nitrogen and oxygen atoms in total. The second kappa shape index (κ2) is 3.72. The number of aromatic carboxylic acids is 1.